The number of aliphatic hydroxyl groups excluding tert-OH is 1. The van der Waals surface area contributed by atoms with Crippen LogP contribution in [0.1, 0.15) is 39.7 Å². The van der Waals surface area contributed by atoms with Crippen LogP contribution in [0.25, 0.3) is 16.8 Å². The molecule has 4 N–H and O–H groups in total. The summed E-state index contributed by atoms with van der Waals surface area (Å²) in [7, 11) is 0. The maximum absolute atomic E-state index is 13.6. The molecule has 15 heteroatoms. The van der Waals surface area contributed by atoms with Gasteiger partial charge in [0, 0.05) is 23.3 Å². The van der Waals surface area contributed by atoms with Crippen LogP contribution in [0.2, 0.25) is 5.02 Å². The number of amides is 1. The van der Waals surface area contributed by atoms with Crippen molar-refractivity contribution in [3.63, 3.8) is 0 Å². The Hall–Kier alpha value is -3.91. The first-order chi connectivity index (χ1) is 17.8. The molecular formula is C23H17ClF6N6O2. The molecule has 0 fully saturated rings. The first-order valence-electron chi connectivity index (χ1n) is 10.8. The third kappa shape index (κ3) is 5.50. The van der Waals surface area contributed by atoms with Crippen LogP contribution in [0.4, 0.5) is 32.2 Å². The Morgan fingerprint density at radius 1 is 1.08 bits per heavy atom. The molecule has 1 unspecified atom stereocenters. The molecule has 0 aliphatic rings. The molecule has 1 aromatic carbocycles. The number of alkyl halides is 6. The molecule has 4 rings (SSSR count). The second kappa shape index (κ2) is 10.1. The predicted molar refractivity (Wildman–Crippen MR) is 124 cm³/mol. The summed E-state index contributed by atoms with van der Waals surface area (Å²) >= 11 is 5.80. The lowest BCUT2D eigenvalue weighted by molar-refractivity contribution is -0.141. The lowest BCUT2D eigenvalue weighted by atomic mass is 10.1. The van der Waals surface area contributed by atoms with Crippen molar-refractivity contribution in [2.75, 3.05) is 12.3 Å². The van der Waals surface area contributed by atoms with Crippen LogP contribution in [0, 0.1) is 0 Å². The topological polar surface area (TPSA) is 118 Å². The van der Waals surface area contributed by atoms with E-state index in [1.54, 1.807) is 24.3 Å². The number of nitrogen functional groups attached to an aromatic ring is 1. The smallest absolute Gasteiger partial charge is 0.388 e. The predicted octanol–water partition coefficient (Wildman–Crippen LogP) is 4.92. The second-order valence-corrected chi connectivity index (χ2v) is 8.51. The maximum Gasteiger partial charge on any atom is 0.434 e. The molecule has 0 aliphatic heterocycles. The lowest BCUT2D eigenvalue weighted by Crippen LogP contribution is -2.28. The highest BCUT2D eigenvalue weighted by Crippen LogP contribution is 2.39. The summed E-state index contributed by atoms with van der Waals surface area (Å²) in [4.78, 5) is 19.6. The number of nitrogens with one attached hydrogen (secondary N) is 1. The average Bonchev–Trinajstić information content (AvgIpc) is 3.25. The molecule has 0 radical (unpaired) electrons. The van der Waals surface area contributed by atoms with E-state index in [4.69, 9.17) is 17.3 Å². The van der Waals surface area contributed by atoms with Crippen molar-refractivity contribution in [1.29, 1.82) is 0 Å². The summed E-state index contributed by atoms with van der Waals surface area (Å²) < 4.78 is 82.5. The van der Waals surface area contributed by atoms with Gasteiger partial charge in [0.25, 0.3) is 5.91 Å². The highest BCUT2D eigenvalue weighted by Gasteiger charge is 2.39. The molecule has 0 saturated carbocycles. The normalized spacial score (nSPS) is 13.1. The molecule has 3 aromatic heterocycles. The van der Waals surface area contributed by atoms with Crippen molar-refractivity contribution in [3.05, 3.63) is 76.3 Å². The van der Waals surface area contributed by atoms with Gasteiger partial charge in [-0.05, 0) is 36.2 Å². The molecule has 1 atom stereocenters. The Kier molecular flexibility index (Phi) is 7.21. The zero-order valence-electron chi connectivity index (χ0n) is 19.0. The number of pyridine rings is 1. The van der Waals surface area contributed by atoms with Crippen LogP contribution < -0.4 is 11.1 Å². The van der Waals surface area contributed by atoms with Crippen LogP contribution >= 0.6 is 11.6 Å². The number of nitrogens with two attached hydrogens (primary N) is 1. The Morgan fingerprint density at radius 3 is 2.39 bits per heavy atom. The molecule has 200 valence electrons. The van der Waals surface area contributed by atoms with Crippen molar-refractivity contribution < 1.29 is 36.2 Å². The van der Waals surface area contributed by atoms with Gasteiger partial charge in [0.1, 0.15) is 11.8 Å². The number of carbonyl (C=O) groups excluding carboxylic acids is 1. The van der Waals surface area contributed by atoms with Gasteiger partial charge in [-0.2, -0.15) is 31.4 Å². The summed E-state index contributed by atoms with van der Waals surface area (Å²) in [5, 5.41) is 16.7. The van der Waals surface area contributed by atoms with Crippen LogP contribution in [-0.4, -0.2) is 37.1 Å². The Balaban J connectivity index is 1.67. The number of aliphatic hydroxyl groups is 1. The van der Waals surface area contributed by atoms with Crippen LogP contribution in [0.5, 0.6) is 0 Å². The van der Waals surface area contributed by atoms with E-state index < -0.39 is 52.5 Å². The molecule has 4 aromatic rings. The number of nitrogens with zero attached hydrogens (tertiary/aromatic N) is 4. The van der Waals surface area contributed by atoms with E-state index in [0.29, 0.717) is 22.8 Å². The number of hydrogen-bond acceptors (Lipinski definition) is 6. The van der Waals surface area contributed by atoms with Gasteiger partial charge in [-0.3, -0.25) is 9.78 Å². The third-order valence-corrected chi connectivity index (χ3v) is 5.79. The SMILES string of the molecule is Nc1ncnn2c(-c3cnc(C(F)(F)F)c(C(=O)NCCC(O)c4ccc(Cl)cc4)c3)cc(C(F)(F)F)c12. The fourth-order valence-corrected chi connectivity index (χ4v) is 3.89. The summed E-state index contributed by atoms with van der Waals surface area (Å²) in [5.74, 6) is -1.70. The second-order valence-electron chi connectivity index (χ2n) is 8.08. The van der Waals surface area contributed by atoms with Crippen molar-refractivity contribution >= 4 is 28.8 Å². The van der Waals surface area contributed by atoms with E-state index in [1.807, 2.05) is 0 Å². The van der Waals surface area contributed by atoms with Crippen LogP contribution in [0.3, 0.4) is 0 Å². The zero-order valence-corrected chi connectivity index (χ0v) is 19.7. The average molecular weight is 559 g/mol. The minimum Gasteiger partial charge on any atom is -0.388 e. The highest BCUT2D eigenvalue weighted by molar-refractivity contribution is 6.30. The van der Waals surface area contributed by atoms with Crippen molar-refractivity contribution in [1.82, 2.24) is 24.9 Å². The van der Waals surface area contributed by atoms with Gasteiger partial charge in [-0.15, -0.1) is 0 Å². The van der Waals surface area contributed by atoms with Crippen LogP contribution in [-0.2, 0) is 12.4 Å². The van der Waals surface area contributed by atoms with Crippen LogP contribution in [0.15, 0.2) is 48.9 Å². The molecule has 0 saturated heterocycles. The van der Waals surface area contributed by atoms with Gasteiger partial charge in [0.05, 0.1) is 22.9 Å². The summed E-state index contributed by atoms with van der Waals surface area (Å²) in [5.41, 5.74) is 1.23. The molecule has 0 spiro atoms. The quantitative estimate of drug-likeness (QED) is 0.289. The monoisotopic (exact) mass is 558 g/mol. The maximum atomic E-state index is 13.6. The molecular weight excluding hydrogens is 542 g/mol. The number of anilines is 1. The summed E-state index contributed by atoms with van der Waals surface area (Å²) in [6, 6.07) is 7.59. The largest absolute Gasteiger partial charge is 0.434 e. The number of rotatable bonds is 6. The number of aromatic nitrogens is 4. The number of hydrogen-bond donors (Lipinski definition) is 3. The Morgan fingerprint density at radius 2 is 1.76 bits per heavy atom. The number of fused-ring (bicyclic) bond motifs is 1. The van der Waals surface area contributed by atoms with E-state index in [0.717, 1.165) is 16.9 Å². The lowest BCUT2D eigenvalue weighted by Gasteiger charge is -2.15. The van der Waals surface area contributed by atoms with Gasteiger partial charge >= 0.3 is 12.4 Å². The number of halogens is 7. The zero-order chi connectivity index (χ0) is 27.8. The van der Waals surface area contributed by atoms with Gasteiger partial charge in [0.2, 0.25) is 0 Å². The third-order valence-electron chi connectivity index (χ3n) is 5.54. The van der Waals surface area contributed by atoms with E-state index in [2.05, 4.69) is 20.4 Å². The van der Waals surface area contributed by atoms with Gasteiger partial charge in [0.15, 0.2) is 11.5 Å². The first-order valence-corrected chi connectivity index (χ1v) is 11.1. The summed E-state index contributed by atoms with van der Waals surface area (Å²) in [6.45, 7) is -0.222. The fraction of sp³-hybridized carbons (Fsp3) is 0.217. The highest BCUT2D eigenvalue weighted by atomic mass is 35.5. The summed E-state index contributed by atoms with van der Waals surface area (Å²) in [6.07, 6.45) is -9.45. The Bertz CT molecular complexity index is 1490. The molecule has 38 heavy (non-hydrogen) atoms. The standard InChI is InChI=1S/C23H17ClF6N6O2/c24-13-3-1-11(2-4-13)17(37)5-6-32-21(38)14-7-12(9-33-19(14)23(28,29)30)16-8-15(22(25,26)27)18-20(31)34-10-35-36(16)18/h1-4,7-10,17,37H,5-6H2,(H,32,38)(H2,31,34,35). The molecule has 8 nitrogen and oxygen atoms in total. The minimum absolute atomic E-state index is 0.0453. The van der Waals surface area contributed by atoms with E-state index in [-0.39, 0.29) is 24.2 Å². The molecule has 0 aliphatic carbocycles. The van der Waals surface area contributed by atoms with Crippen molar-refractivity contribution in [3.8, 4) is 11.3 Å². The first kappa shape index (κ1) is 27.1. The Labute approximate surface area is 215 Å². The number of benzene rings is 1. The molecule has 0 bridgehead atoms. The van der Waals surface area contributed by atoms with Gasteiger partial charge in [-0.25, -0.2) is 9.50 Å². The molecule has 1 amide bonds. The molecule has 3 heterocycles. The van der Waals surface area contributed by atoms with Gasteiger partial charge < -0.3 is 16.2 Å². The number of carbonyl (C=O) groups is 1. The van der Waals surface area contributed by atoms with Gasteiger partial charge in [-0.1, -0.05) is 23.7 Å². The fourth-order valence-electron chi connectivity index (χ4n) is 3.76. The minimum atomic E-state index is -5.04. The van der Waals surface area contributed by atoms with E-state index >= 15 is 0 Å². The van der Waals surface area contributed by atoms with E-state index in [1.165, 1.54) is 0 Å². The van der Waals surface area contributed by atoms with E-state index in [9.17, 15) is 36.2 Å². The van der Waals surface area contributed by atoms with Crippen molar-refractivity contribution in [2.24, 2.45) is 0 Å². The van der Waals surface area contributed by atoms with Crippen molar-refractivity contribution in [2.45, 2.75) is 24.9 Å².